The molecule has 0 aliphatic rings. The van der Waals surface area contributed by atoms with E-state index in [0.717, 1.165) is 30.0 Å². The number of nitrogens with zero attached hydrogens (tertiary/aromatic N) is 1. The van der Waals surface area contributed by atoms with Gasteiger partial charge in [-0.3, -0.25) is 0 Å². The van der Waals surface area contributed by atoms with Gasteiger partial charge in [0.1, 0.15) is 22.7 Å². The van der Waals surface area contributed by atoms with Gasteiger partial charge in [-0.2, -0.15) is 0 Å². The van der Waals surface area contributed by atoms with Crippen molar-refractivity contribution in [3.8, 4) is 17.2 Å². The second-order valence-corrected chi connectivity index (χ2v) is 15.2. The number of fused-ring (bicyclic) bond motifs is 3. The van der Waals surface area contributed by atoms with E-state index in [1.807, 2.05) is 6.07 Å². The highest BCUT2D eigenvalue weighted by Crippen LogP contribution is 2.40. The van der Waals surface area contributed by atoms with Gasteiger partial charge in [-0.25, -0.2) is 0 Å². The maximum absolute atomic E-state index is 6.63. The molecule has 0 atom stereocenters. The van der Waals surface area contributed by atoms with E-state index >= 15 is 0 Å². The predicted octanol–water partition coefficient (Wildman–Crippen LogP) is 9.63. The molecule has 0 saturated heterocycles. The van der Waals surface area contributed by atoms with Crippen LogP contribution in [0.1, 0.15) is 82.1 Å². The molecule has 4 rings (SSSR count). The van der Waals surface area contributed by atoms with Gasteiger partial charge in [0.15, 0.2) is 0 Å². The van der Waals surface area contributed by atoms with Crippen LogP contribution in [0.5, 0.6) is 11.5 Å². The van der Waals surface area contributed by atoms with E-state index in [-0.39, 0.29) is 11.2 Å². The van der Waals surface area contributed by atoms with Crippen molar-refractivity contribution in [2.45, 2.75) is 104 Å². The highest BCUT2D eigenvalue weighted by atomic mass is 32.1. The first-order valence-corrected chi connectivity index (χ1v) is 15.5. The Hall–Kier alpha value is -2.06. The minimum absolute atomic E-state index is 0.175. The molecule has 7 heteroatoms. The van der Waals surface area contributed by atoms with E-state index in [1.165, 1.54) is 20.4 Å². The first-order chi connectivity index (χ1) is 18.0. The molecule has 0 radical (unpaired) electrons. The molecule has 3 aromatic heterocycles. The van der Waals surface area contributed by atoms with Crippen LogP contribution in [0.25, 0.3) is 26.1 Å². The summed E-state index contributed by atoms with van der Waals surface area (Å²) < 4.78 is 30.2. The molecule has 1 aromatic carbocycles. The molecule has 0 spiro atoms. The number of hydrogen-bond donors (Lipinski definition) is 0. The molecular weight excluding hydrogens is 526 g/mol. The zero-order chi connectivity index (χ0) is 28.6. The molecule has 0 fully saturated rings. The van der Waals surface area contributed by atoms with Gasteiger partial charge in [0, 0.05) is 31.0 Å². The summed E-state index contributed by atoms with van der Waals surface area (Å²) in [6.07, 6.45) is 1.54. The molecule has 5 nitrogen and oxygen atoms in total. The van der Waals surface area contributed by atoms with Crippen molar-refractivity contribution in [2.24, 2.45) is 0 Å². The molecule has 0 saturated carbocycles. The number of aromatic nitrogens is 1. The normalized spacial score (nSPS) is 13.5. The molecule has 0 aliphatic carbocycles. The van der Waals surface area contributed by atoms with Crippen LogP contribution in [0.2, 0.25) is 0 Å². The summed E-state index contributed by atoms with van der Waals surface area (Å²) in [5, 5.41) is 4.32. The van der Waals surface area contributed by atoms with Gasteiger partial charge in [0.25, 0.3) is 0 Å². The summed E-state index contributed by atoms with van der Waals surface area (Å²) in [6, 6.07) is 10.7. The number of rotatable bonds is 11. The molecule has 0 unspecified atom stereocenters. The van der Waals surface area contributed by atoms with Crippen LogP contribution >= 0.6 is 22.7 Å². The monoisotopic (exact) mass is 571 g/mol. The number of hydrogen-bond acceptors (Lipinski definition) is 6. The van der Waals surface area contributed by atoms with Crippen LogP contribution in [0.4, 0.5) is 0 Å². The summed E-state index contributed by atoms with van der Waals surface area (Å²) in [5.41, 5.74) is 2.27. The van der Waals surface area contributed by atoms with Crippen molar-refractivity contribution >= 4 is 43.1 Å². The Balaban J connectivity index is 1.67. The van der Waals surface area contributed by atoms with E-state index in [1.54, 1.807) is 22.7 Å². The van der Waals surface area contributed by atoms with Crippen molar-refractivity contribution in [1.29, 1.82) is 0 Å². The van der Waals surface area contributed by atoms with E-state index in [9.17, 15) is 0 Å². The molecule has 3 heterocycles. The Morgan fingerprint density at radius 3 is 1.41 bits per heavy atom. The molecule has 0 amide bonds. The highest BCUT2D eigenvalue weighted by Gasteiger charge is 2.26. The average molecular weight is 572 g/mol. The summed E-state index contributed by atoms with van der Waals surface area (Å²) in [7, 11) is 0. The minimum Gasteiger partial charge on any atom is -0.488 e. The van der Waals surface area contributed by atoms with Crippen LogP contribution in [0.15, 0.2) is 41.1 Å². The fourth-order valence-corrected chi connectivity index (χ4v) is 6.39. The Bertz CT molecular complexity index is 1290. The molecule has 0 N–H and O–H groups in total. The number of thiophene rings is 2. The first-order valence-electron chi connectivity index (χ1n) is 13.8. The Labute approximate surface area is 242 Å². The molecule has 214 valence electrons. The third-order valence-corrected chi connectivity index (χ3v) is 8.34. The second-order valence-electron chi connectivity index (χ2n) is 13.4. The largest absolute Gasteiger partial charge is 0.488 e. The maximum Gasteiger partial charge on any atom is 0.125 e. The Morgan fingerprint density at radius 1 is 0.615 bits per heavy atom. The predicted molar refractivity (Wildman–Crippen MR) is 167 cm³/mol. The van der Waals surface area contributed by atoms with Crippen LogP contribution < -0.4 is 9.47 Å². The van der Waals surface area contributed by atoms with Crippen molar-refractivity contribution < 1.29 is 18.9 Å². The van der Waals surface area contributed by atoms with Gasteiger partial charge in [-0.1, -0.05) is 0 Å². The zero-order valence-corrected chi connectivity index (χ0v) is 26.9. The lowest BCUT2D eigenvalue weighted by Crippen LogP contribution is -2.32. The SMILES string of the molecule is CC(C)(C)OCCC(C)(C)Oc1cc(OC(C)(C)CCOC(C)(C)C)cc(-n2c3ccsc3c3sccc32)c1. The second kappa shape index (κ2) is 11.1. The molecule has 4 aromatic rings. The van der Waals surface area contributed by atoms with E-state index in [0.29, 0.717) is 13.2 Å². The summed E-state index contributed by atoms with van der Waals surface area (Å²) >= 11 is 3.57. The van der Waals surface area contributed by atoms with E-state index in [4.69, 9.17) is 18.9 Å². The molecule has 0 bridgehead atoms. The lowest BCUT2D eigenvalue weighted by molar-refractivity contribution is -0.0299. The van der Waals surface area contributed by atoms with Gasteiger partial charge >= 0.3 is 0 Å². The van der Waals surface area contributed by atoms with Gasteiger partial charge < -0.3 is 23.5 Å². The maximum atomic E-state index is 6.63. The number of benzene rings is 1. The lowest BCUT2D eigenvalue weighted by atomic mass is 10.0. The third-order valence-electron chi connectivity index (χ3n) is 6.37. The topological polar surface area (TPSA) is 41.9 Å². The minimum atomic E-state index is -0.413. The fraction of sp³-hybridized carbons (Fsp3) is 0.562. The third kappa shape index (κ3) is 8.00. The number of ether oxygens (including phenoxy) is 4. The van der Waals surface area contributed by atoms with Gasteiger partial charge in [0.05, 0.1) is 50.5 Å². The highest BCUT2D eigenvalue weighted by molar-refractivity contribution is 7.25. The lowest BCUT2D eigenvalue weighted by Gasteiger charge is -2.31. The molecule has 0 aliphatic heterocycles. The average Bonchev–Trinajstić information content (AvgIpc) is 3.44. The fourth-order valence-electron chi connectivity index (χ4n) is 4.45. The quantitative estimate of drug-likeness (QED) is 0.180. The van der Waals surface area contributed by atoms with Crippen molar-refractivity contribution in [2.75, 3.05) is 13.2 Å². The molecular formula is C32H45NO4S2. The van der Waals surface area contributed by atoms with Crippen LogP contribution in [0, 0.1) is 0 Å². The van der Waals surface area contributed by atoms with Crippen LogP contribution in [-0.2, 0) is 9.47 Å². The smallest absolute Gasteiger partial charge is 0.125 e. The first kappa shape index (κ1) is 29.9. The standard InChI is InChI=1S/C32H45NO4S2/c1-29(2,3)34-15-13-31(7,8)36-23-19-22(33-25-11-17-38-27(25)28-26(33)12-18-39-28)20-24(21-23)37-32(9,10)14-16-35-30(4,5)6/h11-12,17-21H,13-16H2,1-10H3. The summed E-state index contributed by atoms with van der Waals surface area (Å²) in [4.78, 5) is 0. The van der Waals surface area contributed by atoms with Crippen molar-refractivity contribution in [3.63, 3.8) is 0 Å². The van der Waals surface area contributed by atoms with Crippen molar-refractivity contribution in [1.82, 2.24) is 4.57 Å². The zero-order valence-electron chi connectivity index (χ0n) is 25.3. The van der Waals surface area contributed by atoms with Crippen molar-refractivity contribution in [3.05, 3.63) is 41.1 Å². The van der Waals surface area contributed by atoms with Gasteiger partial charge in [0.2, 0.25) is 0 Å². The summed E-state index contributed by atoms with van der Waals surface area (Å²) in [5.74, 6) is 1.57. The van der Waals surface area contributed by atoms with Crippen LogP contribution in [0.3, 0.4) is 0 Å². The van der Waals surface area contributed by atoms with E-state index in [2.05, 4.69) is 109 Å². The van der Waals surface area contributed by atoms with Gasteiger partial charge in [-0.15, -0.1) is 22.7 Å². The Morgan fingerprint density at radius 2 is 1.03 bits per heavy atom. The molecule has 39 heavy (non-hydrogen) atoms. The summed E-state index contributed by atoms with van der Waals surface area (Å²) in [6.45, 7) is 22.2. The van der Waals surface area contributed by atoms with Gasteiger partial charge in [-0.05, 0) is 92.1 Å². The Kier molecular flexibility index (Phi) is 8.49. The van der Waals surface area contributed by atoms with E-state index < -0.39 is 11.2 Å². The van der Waals surface area contributed by atoms with Crippen LogP contribution in [-0.4, -0.2) is 40.2 Å².